The van der Waals surface area contributed by atoms with E-state index in [1.54, 1.807) is 0 Å². The lowest BCUT2D eigenvalue weighted by atomic mass is 9.98. The number of carbonyl (C=O) groups is 2. The minimum absolute atomic E-state index is 0.0465. The van der Waals surface area contributed by atoms with Crippen molar-refractivity contribution in [2.45, 2.75) is 32.2 Å². The molecule has 0 spiro atoms. The van der Waals surface area contributed by atoms with Gasteiger partial charge in [0.2, 0.25) is 0 Å². The molecular formula is C21H23NO4. The van der Waals surface area contributed by atoms with E-state index in [1.807, 2.05) is 50.2 Å². The second-order valence-electron chi connectivity index (χ2n) is 6.97. The highest BCUT2D eigenvalue weighted by Gasteiger charge is 2.29. The summed E-state index contributed by atoms with van der Waals surface area (Å²) in [4.78, 5) is 23.9. The van der Waals surface area contributed by atoms with Gasteiger partial charge in [0.25, 0.3) is 1.43 Å². The summed E-state index contributed by atoms with van der Waals surface area (Å²) in [7, 11) is 0. The Kier molecular flexibility index (Phi) is 4.86. The summed E-state index contributed by atoms with van der Waals surface area (Å²) in [6.07, 6.45) is -0.310. The third kappa shape index (κ3) is 3.72. The predicted octanol–water partition coefficient (Wildman–Crippen LogP) is 4.02. The number of aliphatic carboxylic acids is 1. The average molecular weight is 354 g/mol. The molecule has 0 unspecified atom stereocenters. The van der Waals surface area contributed by atoms with Gasteiger partial charge in [0.15, 0.2) is 0 Å². The second-order valence-corrected chi connectivity index (χ2v) is 6.97. The Bertz CT molecular complexity index is 791. The van der Waals surface area contributed by atoms with Crippen LogP contribution in [0.1, 0.15) is 37.3 Å². The Balaban J connectivity index is 1.69. The quantitative estimate of drug-likeness (QED) is 0.821. The third-order valence-electron chi connectivity index (χ3n) is 4.63. The van der Waals surface area contributed by atoms with Crippen LogP contribution < -0.4 is 5.32 Å². The normalized spacial score (nSPS) is 14.2. The van der Waals surface area contributed by atoms with Gasteiger partial charge in [-0.15, -0.1) is 0 Å². The van der Waals surface area contributed by atoms with Gasteiger partial charge in [0.1, 0.15) is 12.6 Å². The lowest BCUT2D eigenvalue weighted by molar-refractivity contribution is -0.139. The van der Waals surface area contributed by atoms with Gasteiger partial charge in [0, 0.05) is 5.92 Å². The summed E-state index contributed by atoms with van der Waals surface area (Å²) < 4.78 is 12.2. The van der Waals surface area contributed by atoms with Gasteiger partial charge in [-0.1, -0.05) is 62.4 Å². The number of benzene rings is 2. The second kappa shape index (κ2) is 7.60. The van der Waals surface area contributed by atoms with Crippen molar-refractivity contribution >= 4 is 12.1 Å². The molecule has 26 heavy (non-hydrogen) atoms. The summed E-state index contributed by atoms with van der Waals surface area (Å²) in [6.45, 7) is 4.01. The Morgan fingerprint density at radius 1 is 1.12 bits per heavy atom. The van der Waals surface area contributed by atoms with Crippen molar-refractivity contribution in [1.82, 2.24) is 5.32 Å². The van der Waals surface area contributed by atoms with E-state index in [0.717, 1.165) is 22.3 Å². The lowest BCUT2D eigenvalue weighted by Crippen LogP contribution is -2.42. The number of ether oxygens (including phenoxy) is 1. The van der Waals surface area contributed by atoms with Gasteiger partial charge in [-0.2, -0.15) is 0 Å². The van der Waals surface area contributed by atoms with E-state index in [2.05, 4.69) is 22.6 Å². The fourth-order valence-electron chi connectivity index (χ4n) is 3.47. The first kappa shape index (κ1) is 16.6. The molecule has 2 aromatic carbocycles. The van der Waals surface area contributed by atoms with Crippen LogP contribution in [-0.2, 0) is 9.53 Å². The van der Waals surface area contributed by atoms with Crippen LogP contribution >= 0.6 is 0 Å². The van der Waals surface area contributed by atoms with Gasteiger partial charge in [-0.05, 0) is 34.6 Å². The molecule has 1 atom stereocenters. The summed E-state index contributed by atoms with van der Waals surface area (Å²) in [5.74, 6) is -0.685. The number of carbonyl (C=O) groups excluding carboxylic acids is 1. The molecule has 1 amide bonds. The van der Waals surface area contributed by atoms with Crippen molar-refractivity contribution in [3.8, 4) is 11.1 Å². The average Bonchev–Trinajstić information content (AvgIpc) is 2.99. The topological polar surface area (TPSA) is 75.6 Å². The van der Waals surface area contributed by atoms with Crippen LogP contribution in [0.2, 0.25) is 0 Å². The lowest BCUT2D eigenvalue weighted by Gasteiger charge is -2.18. The number of fused-ring (bicyclic) bond motifs is 3. The van der Waals surface area contributed by atoms with E-state index in [0.29, 0.717) is 6.42 Å². The maximum Gasteiger partial charge on any atom is 0.407 e. The molecule has 1 aliphatic carbocycles. The molecule has 136 valence electrons. The number of carboxylic acids is 1. The van der Waals surface area contributed by atoms with Crippen LogP contribution in [0.3, 0.4) is 0 Å². The van der Waals surface area contributed by atoms with Crippen molar-refractivity contribution in [1.29, 1.82) is 1.43 Å². The SMILES string of the molecule is [2H]OC(=O)[C@H](CC(C)C)NC(=O)OCC1c2ccccc2-c2ccccc21. The van der Waals surface area contributed by atoms with Crippen molar-refractivity contribution in [2.75, 3.05) is 6.61 Å². The van der Waals surface area contributed by atoms with E-state index < -0.39 is 18.1 Å². The number of alkyl carbamates (subject to hydrolysis) is 1. The fraction of sp³-hybridized carbons (Fsp3) is 0.333. The highest BCUT2D eigenvalue weighted by atomic mass is 16.5. The molecular weight excluding hydrogens is 330 g/mol. The molecule has 5 nitrogen and oxygen atoms in total. The van der Waals surface area contributed by atoms with Gasteiger partial charge in [-0.3, -0.25) is 0 Å². The number of amides is 1. The van der Waals surface area contributed by atoms with Crippen molar-refractivity contribution in [3.05, 3.63) is 59.7 Å². The molecule has 2 N–H and O–H groups in total. The molecule has 0 heterocycles. The monoisotopic (exact) mass is 354 g/mol. The molecule has 0 aliphatic heterocycles. The maximum atomic E-state index is 12.2. The van der Waals surface area contributed by atoms with Crippen LogP contribution in [0, 0.1) is 5.92 Å². The Morgan fingerprint density at radius 3 is 2.23 bits per heavy atom. The first-order valence-electron chi connectivity index (χ1n) is 9.20. The van der Waals surface area contributed by atoms with E-state index in [-0.39, 0.29) is 18.4 Å². The molecule has 0 radical (unpaired) electrons. The molecule has 0 saturated carbocycles. The molecule has 1 aliphatic rings. The van der Waals surface area contributed by atoms with Crippen LogP contribution in [0.25, 0.3) is 12.6 Å². The fourth-order valence-corrected chi connectivity index (χ4v) is 3.47. The smallest absolute Gasteiger partial charge is 0.407 e. The molecule has 0 fully saturated rings. The van der Waals surface area contributed by atoms with Crippen LogP contribution in [0.15, 0.2) is 48.5 Å². The standard InChI is InChI=1S/C21H23NO4/c1-13(2)11-19(20(23)24)22-21(25)26-12-18-16-9-5-3-7-14(16)15-8-4-6-10-17(15)18/h3-10,13,18-19H,11-12H2,1-2H3,(H,22,25)(H,23,24)/t19-/m0/s1/i/hD. The molecule has 0 bridgehead atoms. The van der Waals surface area contributed by atoms with Gasteiger partial charge < -0.3 is 15.2 Å². The van der Waals surface area contributed by atoms with Gasteiger partial charge >= 0.3 is 12.1 Å². The molecule has 5 heteroatoms. The Morgan fingerprint density at radius 2 is 1.69 bits per heavy atom. The summed E-state index contributed by atoms with van der Waals surface area (Å²) in [6, 6.07) is 15.3. The summed E-state index contributed by atoms with van der Waals surface area (Å²) >= 11 is 0. The molecule has 0 aromatic heterocycles. The molecule has 3 rings (SSSR count). The molecule has 0 saturated heterocycles. The van der Waals surface area contributed by atoms with Crippen molar-refractivity contribution in [2.24, 2.45) is 5.92 Å². The Labute approximate surface area is 154 Å². The number of hydrogen-bond donors (Lipinski definition) is 2. The van der Waals surface area contributed by atoms with Crippen LogP contribution in [0.4, 0.5) is 4.79 Å². The maximum absolute atomic E-state index is 12.2. The van der Waals surface area contributed by atoms with Crippen molar-refractivity contribution in [3.63, 3.8) is 0 Å². The largest absolute Gasteiger partial charge is 0.480 e. The van der Waals surface area contributed by atoms with Crippen molar-refractivity contribution < 1.29 is 19.4 Å². The highest BCUT2D eigenvalue weighted by Crippen LogP contribution is 2.44. The zero-order valence-electron chi connectivity index (χ0n) is 15.9. The minimum atomic E-state index is -0.891. The number of hydrogen-bond acceptors (Lipinski definition) is 4. The first-order chi connectivity index (χ1) is 13.0. The number of rotatable bonds is 6. The van der Waals surface area contributed by atoms with Gasteiger partial charge in [0.05, 0.1) is 0 Å². The van der Waals surface area contributed by atoms with Crippen LogP contribution in [0.5, 0.6) is 0 Å². The third-order valence-corrected chi connectivity index (χ3v) is 4.63. The van der Waals surface area contributed by atoms with Crippen LogP contribution in [-0.4, -0.2) is 29.8 Å². The number of carboxylic acid groups (broad SMARTS) is 1. The zero-order chi connectivity index (χ0) is 19.4. The first-order valence-corrected chi connectivity index (χ1v) is 8.79. The number of nitrogens with one attached hydrogen (secondary N) is 1. The summed E-state index contributed by atoms with van der Waals surface area (Å²) in [5.41, 5.74) is 4.54. The van der Waals surface area contributed by atoms with E-state index in [4.69, 9.17) is 6.17 Å². The van der Waals surface area contributed by atoms with E-state index in [9.17, 15) is 9.59 Å². The van der Waals surface area contributed by atoms with E-state index >= 15 is 0 Å². The highest BCUT2D eigenvalue weighted by molar-refractivity contribution is 5.81. The van der Waals surface area contributed by atoms with Gasteiger partial charge in [-0.25, -0.2) is 9.59 Å². The molecule has 2 aromatic rings. The predicted molar refractivity (Wildman–Crippen MR) is 99.1 cm³/mol. The minimum Gasteiger partial charge on any atom is -0.480 e. The van der Waals surface area contributed by atoms with E-state index in [1.165, 1.54) is 0 Å². The summed E-state index contributed by atoms with van der Waals surface area (Å²) in [5, 5.41) is 6.54. The Hall–Kier alpha value is -2.82. The zero-order valence-corrected chi connectivity index (χ0v) is 14.9.